The molecule has 0 aromatic carbocycles. The third kappa shape index (κ3) is 5.00. The van der Waals surface area contributed by atoms with Crippen LogP contribution in [0.1, 0.15) is 67.0 Å². The zero-order chi connectivity index (χ0) is 23.8. The molecule has 4 rings (SSSR count). The van der Waals surface area contributed by atoms with Crippen molar-refractivity contribution in [3.63, 3.8) is 0 Å². The molecule has 0 bridgehead atoms. The quantitative estimate of drug-likeness (QED) is 0.604. The lowest BCUT2D eigenvalue weighted by molar-refractivity contribution is -0.119. The van der Waals surface area contributed by atoms with Crippen LogP contribution < -0.4 is 16.6 Å². The van der Waals surface area contributed by atoms with Gasteiger partial charge in [-0.25, -0.2) is 13.4 Å². The Balaban J connectivity index is 1.65. The highest BCUT2D eigenvalue weighted by molar-refractivity contribution is 7.92. The van der Waals surface area contributed by atoms with Crippen molar-refractivity contribution in [3.05, 3.63) is 52.1 Å². The zero-order valence-electron chi connectivity index (χ0n) is 18.5. The summed E-state index contributed by atoms with van der Waals surface area (Å²) in [7, 11) is -3.52. The highest BCUT2D eigenvalue weighted by Crippen LogP contribution is 2.35. The fourth-order valence-corrected chi connectivity index (χ4v) is 6.27. The van der Waals surface area contributed by atoms with Crippen molar-refractivity contribution >= 4 is 27.5 Å². The normalized spacial score (nSPS) is 17.6. The van der Waals surface area contributed by atoms with E-state index in [1.165, 1.54) is 29.0 Å². The molecule has 0 radical (unpaired) electrons. The summed E-state index contributed by atoms with van der Waals surface area (Å²) in [6.45, 7) is 1.65. The maximum absolute atomic E-state index is 13.3. The number of amides is 2. The van der Waals surface area contributed by atoms with Crippen LogP contribution in [0, 0.1) is 12.8 Å². The van der Waals surface area contributed by atoms with Crippen LogP contribution in [0.25, 0.3) is 0 Å². The Kier molecular flexibility index (Phi) is 6.38. The SMILES string of the molecule is Cc1cc(S(=O)(=O)C2CC2)cc(=O)n1[C@@H](CC1CCCC1)C(=O)Nc1ccc(C(N)=O)cn1. The first-order valence-electron chi connectivity index (χ1n) is 11.2. The molecule has 2 saturated carbocycles. The third-order valence-corrected chi connectivity index (χ3v) is 8.71. The largest absolute Gasteiger partial charge is 0.366 e. The van der Waals surface area contributed by atoms with Crippen LogP contribution in [0.2, 0.25) is 0 Å². The number of hydrogen-bond acceptors (Lipinski definition) is 6. The Labute approximate surface area is 192 Å². The number of sulfone groups is 1. The van der Waals surface area contributed by atoms with Gasteiger partial charge in [-0.3, -0.25) is 14.4 Å². The van der Waals surface area contributed by atoms with Gasteiger partial charge in [0.05, 0.1) is 15.7 Å². The second kappa shape index (κ2) is 9.09. The average Bonchev–Trinajstić information content (AvgIpc) is 3.51. The molecule has 2 heterocycles. The van der Waals surface area contributed by atoms with Crippen LogP contribution in [0.15, 0.2) is 40.2 Å². The summed E-state index contributed by atoms with van der Waals surface area (Å²) in [6.07, 6.45) is 7.11. The Morgan fingerprint density at radius 1 is 1.18 bits per heavy atom. The second-order valence-corrected chi connectivity index (χ2v) is 11.2. The molecule has 0 unspecified atom stereocenters. The fraction of sp³-hybridized carbons (Fsp3) is 0.478. The van der Waals surface area contributed by atoms with Crippen LogP contribution >= 0.6 is 0 Å². The van der Waals surface area contributed by atoms with Gasteiger partial charge in [0.15, 0.2) is 9.84 Å². The summed E-state index contributed by atoms with van der Waals surface area (Å²) in [5, 5.41) is 2.31. The van der Waals surface area contributed by atoms with E-state index in [1.807, 2.05) is 0 Å². The molecule has 3 N–H and O–H groups in total. The third-order valence-electron chi connectivity index (χ3n) is 6.47. The predicted octanol–water partition coefficient (Wildman–Crippen LogP) is 2.35. The first-order valence-corrected chi connectivity index (χ1v) is 12.7. The molecule has 2 aliphatic rings. The van der Waals surface area contributed by atoms with Gasteiger partial charge < -0.3 is 15.6 Å². The Hall–Kier alpha value is -3.01. The van der Waals surface area contributed by atoms with Crippen molar-refractivity contribution < 1.29 is 18.0 Å². The Bertz CT molecular complexity index is 1230. The lowest BCUT2D eigenvalue weighted by atomic mass is 9.97. The van der Waals surface area contributed by atoms with Crippen LogP contribution in [-0.4, -0.2) is 35.0 Å². The smallest absolute Gasteiger partial charge is 0.252 e. The van der Waals surface area contributed by atoms with E-state index < -0.39 is 38.5 Å². The summed E-state index contributed by atoms with van der Waals surface area (Å²) in [5.74, 6) is -0.501. The van der Waals surface area contributed by atoms with Gasteiger partial charge in [0, 0.05) is 18.0 Å². The van der Waals surface area contributed by atoms with Crippen LogP contribution in [-0.2, 0) is 14.6 Å². The highest BCUT2D eigenvalue weighted by atomic mass is 32.2. The van der Waals surface area contributed by atoms with Crippen molar-refractivity contribution in [2.24, 2.45) is 11.7 Å². The summed E-state index contributed by atoms with van der Waals surface area (Å²) >= 11 is 0. The molecule has 2 aliphatic carbocycles. The zero-order valence-corrected chi connectivity index (χ0v) is 19.3. The van der Waals surface area contributed by atoms with Gasteiger partial charge >= 0.3 is 0 Å². The van der Waals surface area contributed by atoms with Crippen molar-refractivity contribution in [2.45, 2.75) is 68.1 Å². The van der Waals surface area contributed by atoms with Crippen molar-refractivity contribution in [1.82, 2.24) is 9.55 Å². The second-order valence-electron chi connectivity index (χ2n) is 8.97. The van der Waals surface area contributed by atoms with Crippen LogP contribution in [0.4, 0.5) is 5.82 Å². The Morgan fingerprint density at radius 2 is 1.88 bits per heavy atom. The van der Waals surface area contributed by atoms with E-state index in [0.717, 1.165) is 31.7 Å². The van der Waals surface area contributed by atoms with Crippen molar-refractivity contribution in [2.75, 3.05) is 5.32 Å². The van der Waals surface area contributed by atoms with E-state index >= 15 is 0 Å². The molecule has 0 aliphatic heterocycles. The van der Waals surface area contributed by atoms with Gasteiger partial charge in [-0.15, -0.1) is 0 Å². The van der Waals surface area contributed by atoms with Gasteiger partial charge in [-0.1, -0.05) is 25.7 Å². The summed E-state index contributed by atoms with van der Waals surface area (Å²) in [5.41, 5.74) is 5.37. The summed E-state index contributed by atoms with van der Waals surface area (Å²) < 4.78 is 26.7. The molecular formula is C23H28N4O5S. The number of primary amides is 1. The predicted molar refractivity (Wildman–Crippen MR) is 123 cm³/mol. The van der Waals surface area contributed by atoms with Gasteiger partial charge in [0.1, 0.15) is 11.9 Å². The summed E-state index contributed by atoms with van der Waals surface area (Å²) in [6, 6.07) is 4.76. The molecule has 33 heavy (non-hydrogen) atoms. The molecule has 2 aromatic rings. The topological polar surface area (TPSA) is 141 Å². The number of carbonyl (C=O) groups is 2. The van der Waals surface area contributed by atoms with E-state index in [4.69, 9.17) is 5.73 Å². The van der Waals surface area contributed by atoms with E-state index in [0.29, 0.717) is 30.9 Å². The number of nitrogens with zero attached hydrogens (tertiary/aromatic N) is 2. The number of carbonyl (C=O) groups excluding carboxylic acids is 2. The van der Waals surface area contributed by atoms with Crippen LogP contribution in [0.3, 0.4) is 0 Å². The molecule has 176 valence electrons. The van der Waals surface area contributed by atoms with E-state index in [2.05, 4.69) is 10.3 Å². The molecule has 9 nitrogen and oxygen atoms in total. The minimum Gasteiger partial charge on any atom is -0.366 e. The van der Waals surface area contributed by atoms with E-state index in [1.54, 1.807) is 6.92 Å². The molecule has 2 aromatic heterocycles. The average molecular weight is 473 g/mol. The molecule has 1 atom stereocenters. The van der Waals surface area contributed by atoms with Crippen molar-refractivity contribution in [1.29, 1.82) is 0 Å². The first-order chi connectivity index (χ1) is 15.7. The molecule has 2 amide bonds. The molecule has 2 fully saturated rings. The first kappa shape index (κ1) is 23.2. The highest BCUT2D eigenvalue weighted by Gasteiger charge is 2.38. The number of aryl methyl sites for hydroxylation is 1. The number of nitrogens with one attached hydrogen (secondary N) is 1. The summed E-state index contributed by atoms with van der Waals surface area (Å²) in [4.78, 5) is 41.7. The maximum atomic E-state index is 13.3. The maximum Gasteiger partial charge on any atom is 0.252 e. The number of pyridine rings is 2. The van der Waals surface area contributed by atoms with Crippen LogP contribution in [0.5, 0.6) is 0 Å². The van der Waals surface area contributed by atoms with Gasteiger partial charge in [0.25, 0.3) is 5.56 Å². The molecule has 10 heteroatoms. The number of aromatic nitrogens is 2. The molecule has 0 saturated heterocycles. The number of rotatable bonds is 8. The van der Waals surface area contributed by atoms with Gasteiger partial charge in [-0.05, 0) is 50.3 Å². The monoisotopic (exact) mass is 472 g/mol. The number of hydrogen-bond donors (Lipinski definition) is 2. The van der Waals surface area contributed by atoms with E-state index in [-0.39, 0.29) is 16.3 Å². The minimum atomic E-state index is -3.52. The van der Waals surface area contributed by atoms with Gasteiger partial charge in [0.2, 0.25) is 11.8 Å². The lowest BCUT2D eigenvalue weighted by Gasteiger charge is -2.24. The molecule has 0 spiro atoms. The Morgan fingerprint density at radius 3 is 2.42 bits per heavy atom. The van der Waals surface area contributed by atoms with Crippen molar-refractivity contribution in [3.8, 4) is 0 Å². The lowest BCUT2D eigenvalue weighted by Crippen LogP contribution is -2.36. The number of nitrogens with two attached hydrogens (primary N) is 1. The minimum absolute atomic E-state index is 0.0208. The van der Waals surface area contributed by atoms with E-state index in [9.17, 15) is 22.8 Å². The van der Waals surface area contributed by atoms with Gasteiger partial charge in [-0.2, -0.15) is 0 Å². The number of anilines is 1. The fourth-order valence-electron chi connectivity index (χ4n) is 4.53. The molecular weight excluding hydrogens is 444 g/mol. The standard InChI is InChI=1S/C23H28N4O5S/c1-14-10-18(33(31,32)17-7-8-17)12-21(28)27(14)19(11-15-4-2-3-5-15)23(30)26-20-9-6-16(13-25-20)22(24)29/h6,9-10,12-13,15,17,19H,2-5,7-8,11H2,1H3,(H2,24,29)(H,25,26,30)/t19-/m0/s1.